The van der Waals surface area contributed by atoms with Crippen LogP contribution in [0.15, 0.2) is 59.3 Å². The lowest BCUT2D eigenvalue weighted by atomic mass is 10.2. The molecule has 0 amide bonds. The molecule has 1 aromatic heterocycles. The Balaban J connectivity index is 2.02. The number of halogens is 1. The number of hydrogen-bond acceptors (Lipinski definition) is 4. The van der Waals surface area contributed by atoms with Crippen LogP contribution in [0.4, 0.5) is 0 Å². The van der Waals surface area contributed by atoms with Crippen molar-refractivity contribution in [3.8, 4) is 0 Å². The van der Waals surface area contributed by atoms with Gasteiger partial charge in [0.2, 0.25) is 0 Å². The van der Waals surface area contributed by atoms with E-state index in [-0.39, 0.29) is 11.5 Å². The Hall–Kier alpha value is -1.59. The third kappa shape index (κ3) is 4.45. The summed E-state index contributed by atoms with van der Waals surface area (Å²) in [5, 5.41) is 7.40. The molecule has 0 unspecified atom stereocenters. The van der Waals surface area contributed by atoms with E-state index < -0.39 is 0 Å². The molecule has 0 saturated heterocycles. The number of ketones is 1. The van der Waals surface area contributed by atoms with Gasteiger partial charge in [-0.25, -0.2) is 0 Å². The second-order valence-corrected chi connectivity index (χ2v) is 6.83. The number of Topliss-reactive ketones (excluding diaryl/α,β-unsaturated/α-hetero) is 1. The maximum atomic E-state index is 12.1. The summed E-state index contributed by atoms with van der Waals surface area (Å²) in [6, 6.07) is 12.8. The maximum absolute atomic E-state index is 12.1. The number of thiocarbonyl (C=S) groups is 1. The van der Waals surface area contributed by atoms with Crippen LogP contribution in [0.25, 0.3) is 5.70 Å². The fraction of sp³-hybridized carbons (Fsp3) is 0.0625. The standard InChI is InChI=1S/C16H12BrN2OS2/c17-13-6-4-12(5-7-13)15(20)11-22-16(21)14(10-18)19-8-2-1-3-9-19/h1-9,18H,11H2/q+1. The van der Waals surface area contributed by atoms with Gasteiger partial charge in [-0.3, -0.25) is 10.2 Å². The first kappa shape index (κ1) is 16.8. The number of aromatic nitrogens is 1. The molecule has 0 aliphatic rings. The van der Waals surface area contributed by atoms with Gasteiger partial charge in [0.25, 0.3) is 5.70 Å². The lowest BCUT2D eigenvalue weighted by Gasteiger charge is -2.02. The van der Waals surface area contributed by atoms with Gasteiger partial charge in [0, 0.05) is 22.2 Å². The zero-order valence-corrected chi connectivity index (χ0v) is 14.7. The van der Waals surface area contributed by atoms with Crippen LogP contribution in [0.5, 0.6) is 0 Å². The van der Waals surface area contributed by atoms with Crippen molar-refractivity contribution in [2.75, 3.05) is 5.75 Å². The highest BCUT2D eigenvalue weighted by Gasteiger charge is 2.18. The molecular formula is C16H12BrN2OS2+. The first-order valence-electron chi connectivity index (χ1n) is 6.34. The molecular weight excluding hydrogens is 380 g/mol. The average molecular weight is 392 g/mol. The van der Waals surface area contributed by atoms with Gasteiger partial charge >= 0.3 is 0 Å². The molecule has 3 nitrogen and oxygen atoms in total. The second-order valence-electron chi connectivity index (χ2n) is 4.26. The highest BCUT2D eigenvalue weighted by molar-refractivity contribution is 9.10. The number of benzene rings is 1. The number of carbonyl (C=O) groups is 1. The number of rotatable bonds is 5. The van der Waals surface area contributed by atoms with Crippen LogP contribution >= 0.6 is 39.9 Å². The predicted molar refractivity (Wildman–Crippen MR) is 97.6 cm³/mol. The summed E-state index contributed by atoms with van der Waals surface area (Å²) >= 11 is 9.89. The van der Waals surface area contributed by atoms with Crippen molar-refractivity contribution in [1.29, 1.82) is 5.41 Å². The van der Waals surface area contributed by atoms with Crippen LogP contribution in [-0.2, 0) is 0 Å². The highest BCUT2D eigenvalue weighted by atomic mass is 79.9. The molecule has 110 valence electrons. The first-order chi connectivity index (χ1) is 10.6. The third-order valence-corrected chi connectivity index (χ3v) is 4.72. The third-order valence-electron chi connectivity index (χ3n) is 2.79. The lowest BCUT2D eigenvalue weighted by molar-refractivity contribution is -0.574. The molecule has 0 saturated carbocycles. The van der Waals surface area contributed by atoms with Gasteiger partial charge in [0.1, 0.15) is 0 Å². The second kappa shape index (κ2) is 8.15. The molecule has 0 aliphatic carbocycles. The normalized spacial score (nSPS) is 9.86. The van der Waals surface area contributed by atoms with Gasteiger partial charge in [0.15, 0.2) is 22.4 Å². The minimum absolute atomic E-state index is 0.00208. The topological polar surface area (TPSA) is 44.8 Å². The van der Waals surface area contributed by atoms with Crippen molar-refractivity contribution in [3.63, 3.8) is 0 Å². The van der Waals surface area contributed by atoms with Crippen molar-refractivity contribution in [1.82, 2.24) is 0 Å². The van der Waals surface area contributed by atoms with E-state index in [1.54, 1.807) is 29.1 Å². The Bertz CT molecular complexity index is 739. The highest BCUT2D eigenvalue weighted by Crippen LogP contribution is 2.16. The van der Waals surface area contributed by atoms with Crippen LogP contribution in [-0.4, -0.2) is 21.6 Å². The Morgan fingerprint density at radius 2 is 1.86 bits per heavy atom. The van der Waals surface area contributed by atoms with E-state index in [1.165, 1.54) is 11.8 Å². The van der Waals surface area contributed by atoms with Crippen molar-refractivity contribution in [2.24, 2.45) is 0 Å². The summed E-state index contributed by atoms with van der Waals surface area (Å²) in [5.74, 6) is 2.58. The van der Waals surface area contributed by atoms with Crippen LogP contribution in [0.1, 0.15) is 10.4 Å². The largest absolute Gasteiger partial charge is 0.297 e. The van der Waals surface area contributed by atoms with Crippen LogP contribution in [0.3, 0.4) is 0 Å². The monoisotopic (exact) mass is 391 g/mol. The zero-order valence-electron chi connectivity index (χ0n) is 11.5. The molecule has 1 heterocycles. The Labute approximate surface area is 146 Å². The van der Waals surface area contributed by atoms with E-state index in [1.807, 2.05) is 30.3 Å². The van der Waals surface area contributed by atoms with Crippen LogP contribution in [0, 0.1) is 5.41 Å². The SMILES string of the molecule is N=C=C(C(=S)SCC(=O)c1ccc(Br)cc1)[n+]1ccccc1. The molecule has 2 aromatic rings. The summed E-state index contributed by atoms with van der Waals surface area (Å²) in [5.41, 5.74) is 1.11. The van der Waals surface area contributed by atoms with Crippen LogP contribution < -0.4 is 4.57 Å². The number of nitrogens with zero attached hydrogens (tertiary/aromatic N) is 1. The van der Waals surface area contributed by atoms with Gasteiger partial charge < -0.3 is 0 Å². The number of carbonyl (C=O) groups excluding carboxylic acids is 1. The van der Waals surface area contributed by atoms with Crippen molar-refractivity contribution in [3.05, 3.63) is 64.9 Å². The molecule has 1 N–H and O–H groups in total. The lowest BCUT2D eigenvalue weighted by Crippen LogP contribution is -2.34. The minimum atomic E-state index is 0.00208. The molecule has 1 aromatic carbocycles. The maximum Gasteiger partial charge on any atom is 0.297 e. The van der Waals surface area contributed by atoms with Gasteiger partial charge in [-0.1, -0.05) is 58.1 Å². The van der Waals surface area contributed by atoms with Gasteiger partial charge in [-0.15, -0.1) is 0 Å². The molecule has 0 radical (unpaired) electrons. The fourth-order valence-electron chi connectivity index (χ4n) is 1.69. The van der Waals surface area contributed by atoms with Gasteiger partial charge in [0.05, 0.1) is 11.6 Å². The van der Waals surface area contributed by atoms with E-state index >= 15 is 0 Å². The molecule has 2 rings (SSSR count). The molecule has 0 spiro atoms. The van der Waals surface area contributed by atoms with E-state index in [0.717, 1.165) is 4.47 Å². The number of nitrogens with one attached hydrogen (secondary N) is 1. The van der Waals surface area contributed by atoms with Crippen molar-refractivity contribution >= 4 is 61.5 Å². The summed E-state index contributed by atoms with van der Waals surface area (Å²) in [7, 11) is 0. The molecule has 0 fully saturated rings. The minimum Gasteiger partial charge on any atom is -0.293 e. The molecule has 0 atom stereocenters. The Morgan fingerprint density at radius 1 is 1.23 bits per heavy atom. The van der Waals surface area contributed by atoms with Crippen LogP contribution in [0.2, 0.25) is 0 Å². The first-order valence-corrected chi connectivity index (χ1v) is 8.53. The molecule has 6 heteroatoms. The van der Waals surface area contributed by atoms with E-state index in [2.05, 4.69) is 21.8 Å². The number of thioether (sulfide) groups is 1. The summed E-state index contributed by atoms with van der Waals surface area (Å²) in [6.45, 7) is 0. The van der Waals surface area contributed by atoms with Crippen molar-refractivity contribution < 1.29 is 9.36 Å². The number of pyridine rings is 1. The quantitative estimate of drug-likeness (QED) is 0.277. The Morgan fingerprint density at radius 3 is 2.45 bits per heavy atom. The Kier molecular flexibility index (Phi) is 6.21. The summed E-state index contributed by atoms with van der Waals surface area (Å²) < 4.78 is 3.12. The smallest absolute Gasteiger partial charge is 0.293 e. The zero-order chi connectivity index (χ0) is 15.9. The molecule has 0 aliphatic heterocycles. The summed E-state index contributed by atoms with van der Waals surface area (Å²) in [6.07, 6.45) is 3.58. The predicted octanol–water partition coefficient (Wildman–Crippen LogP) is 3.77. The van der Waals surface area contributed by atoms with Gasteiger partial charge in [-0.05, 0) is 12.1 Å². The number of hydrogen-bond donors (Lipinski definition) is 1. The van der Waals surface area contributed by atoms with Crippen molar-refractivity contribution in [2.45, 2.75) is 0 Å². The molecule has 22 heavy (non-hydrogen) atoms. The van der Waals surface area contributed by atoms with E-state index in [9.17, 15) is 4.79 Å². The van der Waals surface area contributed by atoms with Gasteiger partial charge in [-0.2, -0.15) is 4.57 Å². The van der Waals surface area contributed by atoms with E-state index in [4.69, 9.17) is 17.6 Å². The fourth-order valence-corrected chi connectivity index (χ4v) is 3.01. The summed E-state index contributed by atoms with van der Waals surface area (Å²) in [4.78, 5) is 12.1. The van der Waals surface area contributed by atoms with E-state index in [0.29, 0.717) is 15.5 Å². The average Bonchev–Trinajstić information content (AvgIpc) is 2.55. The molecule has 0 bridgehead atoms.